The number of carbonyl (C=O) groups is 2. The molecule has 3 aliphatic rings. The maximum absolute atomic E-state index is 13.2. The number of rotatable bonds is 3. The first-order valence-corrected chi connectivity index (χ1v) is 11.7. The van der Waals surface area contributed by atoms with E-state index in [4.69, 9.17) is 0 Å². The van der Waals surface area contributed by atoms with E-state index in [9.17, 15) is 18.4 Å². The van der Waals surface area contributed by atoms with Crippen LogP contribution in [-0.2, 0) is 26.1 Å². The molecule has 1 N–H and O–H groups in total. The lowest BCUT2D eigenvalue weighted by molar-refractivity contribution is -0.126. The third-order valence-electron chi connectivity index (χ3n) is 7.11. The monoisotopic (exact) mass is 439 g/mol. The number of benzene rings is 2. The molecule has 1 spiro atoms. The lowest BCUT2D eigenvalue weighted by Gasteiger charge is -2.40. The fourth-order valence-electron chi connectivity index (χ4n) is 5.42. The van der Waals surface area contributed by atoms with Crippen LogP contribution in [0, 0.1) is 0 Å². The quantitative estimate of drug-likeness (QED) is 0.743. The highest BCUT2D eigenvalue weighted by atomic mass is 32.2. The Kier molecular flexibility index (Phi) is 4.96. The summed E-state index contributed by atoms with van der Waals surface area (Å²) in [6, 6.07) is 14.4. The molecule has 3 aliphatic heterocycles. The highest BCUT2D eigenvalue weighted by Gasteiger charge is 2.52. The van der Waals surface area contributed by atoms with Crippen LogP contribution in [0.3, 0.4) is 0 Å². The summed E-state index contributed by atoms with van der Waals surface area (Å²) in [6.07, 6.45) is 2.17. The van der Waals surface area contributed by atoms with E-state index >= 15 is 0 Å². The lowest BCUT2D eigenvalue weighted by Crippen LogP contribution is -2.52. The van der Waals surface area contributed by atoms with Crippen LogP contribution in [0.25, 0.3) is 0 Å². The minimum atomic E-state index is -2.03. The van der Waals surface area contributed by atoms with Gasteiger partial charge in [-0.15, -0.1) is 0 Å². The molecule has 8 heteroatoms. The summed E-state index contributed by atoms with van der Waals surface area (Å²) in [5.41, 5.74) is 2.38. The molecule has 2 amide bonds. The van der Waals surface area contributed by atoms with E-state index in [0.717, 1.165) is 23.4 Å². The van der Waals surface area contributed by atoms with Crippen LogP contribution < -0.4 is 9.80 Å². The zero-order valence-corrected chi connectivity index (χ0v) is 18.2. The Balaban J connectivity index is 1.30. The number of likely N-dealkylation sites (N-methyl/N-ethyl adjacent to an activating group) is 1. The number of nitrogens with zero attached hydrogens (tertiary/aromatic N) is 3. The van der Waals surface area contributed by atoms with Crippen LogP contribution in [0.2, 0.25) is 0 Å². The molecule has 31 heavy (non-hydrogen) atoms. The number of hydrogen-bond acceptors (Lipinski definition) is 4. The van der Waals surface area contributed by atoms with Crippen LogP contribution in [0.1, 0.15) is 24.8 Å². The largest absolute Gasteiger partial charge is 0.314 e. The summed E-state index contributed by atoms with van der Waals surface area (Å²) in [5, 5.41) is 0. The predicted octanol–water partition coefficient (Wildman–Crippen LogP) is 2.38. The molecular formula is C23H25N3O4S. The van der Waals surface area contributed by atoms with E-state index in [1.54, 1.807) is 34.1 Å². The fraction of sp³-hybridized carbons (Fsp3) is 0.391. The highest BCUT2D eigenvalue weighted by molar-refractivity contribution is 7.79. The second-order valence-corrected chi connectivity index (χ2v) is 9.51. The number of para-hydroxylation sites is 1. The number of piperidine rings is 1. The van der Waals surface area contributed by atoms with Gasteiger partial charge < -0.3 is 14.4 Å². The standard InChI is InChI=1S/C23H25N3O4S/c1-24-19-5-3-2-4-18(19)23(22(24)28)11-14-25(15-12-23)20-10-13-26(21(20)27)16-6-8-17(9-7-16)31(29)30/h2-9,20H,10-15H2,1H3,(H,29,30)/t20-/m0/s1. The van der Waals surface area contributed by atoms with Crippen molar-refractivity contribution >= 4 is 34.3 Å². The molecule has 162 valence electrons. The zero-order chi connectivity index (χ0) is 21.8. The van der Waals surface area contributed by atoms with Gasteiger partial charge in [-0.05, 0) is 55.2 Å². The molecule has 2 aromatic carbocycles. The van der Waals surface area contributed by atoms with Crippen molar-refractivity contribution in [1.82, 2.24) is 4.90 Å². The summed E-state index contributed by atoms with van der Waals surface area (Å²) >= 11 is -2.03. The van der Waals surface area contributed by atoms with Gasteiger partial charge in [0, 0.05) is 38.1 Å². The molecule has 0 aromatic heterocycles. The van der Waals surface area contributed by atoms with Gasteiger partial charge in [-0.1, -0.05) is 18.2 Å². The van der Waals surface area contributed by atoms with Crippen molar-refractivity contribution in [2.75, 3.05) is 36.5 Å². The van der Waals surface area contributed by atoms with E-state index in [-0.39, 0.29) is 17.9 Å². The molecular weight excluding hydrogens is 414 g/mol. The van der Waals surface area contributed by atoms with Crippen LogP contribution in [0.5, 0.6) is 0 Å². The van der Waals surface area contributed by atoms with E-state index < -0.39 is 16.5 Å². The normalized spacial score (nSPS) is 24.1. The Bertz CT molecular complexity index is 1060. The van der Waals surface area contributed by atoms with Gasteiger partial charge in [0.25, 0.3) is 0 Å². The molecule has 2 saturated heterocycles. The van der Waals surface area contributed by atoms with E-state index in [0.29, 0.717) is 37.4 Å². The molecule has 0 radical (unpaired) electrons. The summed E-state index contributed by atoms with van der Waals surface area (Å²) in [6.45, 7) is 2.04. The second-order valence-electron chi connectivity index (χ2n) is 8.54. The Morgan fingerprint density at radius 2 is 1.68 bits per heavy atom. The first-order valence-electron chi connectivity index (χ1n) is 10.6. The second kappa shape index (κ2) is 7.55. The smallest absolute Gasteiger partial charge is 0.244 e. The third-order valence-corrected chi connectivity index (χ3v) is 7.79. The van der Waals surface area contributed by atoms with Gasteiger partial charge in [0.2, 0.25) is 11.8 Å². The number of likely N-dealkylation sites (tertiary alicyclic amines) is 1. The van der Waals surface area contributed by atoms with Crippen molar-refractivity contribution in [1.29, 1.82) is 0 Å². The van der Waals surface area contributed by atoms with Crippen LogP contribution in [0.15, 0.2) is 53.4 Å². The first kappa shape index (κ1) is 20.4. The average molecular weight is 440 g/mol. The van der Waals surface area contributed by atoms with Gasteiger partial charge in [0.05, 0.1) is 16.4 Å². The Morgan fingerprint density at radius 3 is 2.35 bits per heavy atom. The topological polar surface area (TPSA) is 81.2 Å². The maximum Gasteiger partial charge on any atom is 0.244 e. The Hall–Kier alpha value is -2.55. The molecule has 7 nitrogen and oxygen atoms in total. The van der Waals surface area contributed by atoms with Crippen LogP contribution >= 0.6 is 0 Å². The molecule has 1 unspecified atom stereocenters. The summed E-state index contributed by atoms with van der Waals surface area (Å²) < 4.78 is 20.4. The number of hydrogen-bond donors (Lipinski definition) is 1. The lowest BCUT2D eigenvalue weighted by atomic mass is 9.73. The Morgan fingerprint density at radius 1 is 1.00 bits per heavy atom. The summed E-state index contributed by atoms with van der Waals surface area (Å²) in [4.78, 5) is 32.4. The number of anilines is 2. The van der Waals surface area contributed by atoms with Gasteiger partial charge in [0.1, 0.15) is 0 Å². The minimum absolute atomic E-state index is 0.0593. The van der Waals surface area contributed by atoms with Crippen molar-refractivity contribution in [3.63, 3.8) is 0 Å². The zero-order valence-electron chi connectivity index (χ0n) is 17.4. The van der Waals surface area contributed by atoms with Crippen molar-refractivity contribution in [2.24, 2.45) is 0 Å². The molecule has 5 rings (SSSR count). The summed E-state index contributed by atoms with van der Waals surface area (Å²) in [7, 11) is 1.85. The molecule has 2 aromatic rings. The van der Waals surface area contributed by atoms with Crippen molar-refractivity contribution < 1.29 is 18.4 Å². The van der Waals surface area contributed by atoms with Gasteiger partial charge in [-0.25, -0.2) is 4.21 Å². The van der Waals surface area contributed by atoms with Crippen molar-refractivity contribution in [3.05, 3.63) is 54.1 Å². The van der Waals surface area contributed by atoms with E-state index in [1.165, 1.54) is 0 Å². The number of carbonyl (C=O) groups excluding carboxylic acids is 2. The molecule has 0 aliphatic carbocycles. The minimum Gasteiger partial charge on any atom is -0.314 e. The molecule has 0 bridgehead atoms. The van der Waals surface area contributed by atoms with Gasteiger partial charge in [0.15, 0.2) is 11.1 Å². The SMILES string of the molecule is CN1C(=O)C2(CCN([C@H]3CCN(c4ccc(S(=O)O)cc4)C3=O)CC2)c2ccccc21. The van der Waals surface area contributed by atoms with E-state index in [1.807, 2.05) is 25.2 Å². The van der Waals surface area contributed by atoms with Crippen LogP contribution in [-0.4, -0.2) is 58.2 Å². The Labute approximate surface area is 183 Å². The van der Waals surface area contributed by atoms with Crippen molar-refractivity contribution in [2.45, 2.75) is 35.6 Å². The average Bonchev–Trinajstić information content (AvgIpc) is 3.27. The number of fused-ring (bicyclic) bond motifs is 2. The highest BCUT2D eigenvalue weighted by Crippen LogP contribution is 2.47. The van der Waals surface area contributed by atoms with Crippen LogP contribution in [0.4, 0.5) is 11.4 Å². The van der Waals surface area contributed by atoms with Crippen molar-refractivity contribution in [3.8, 4) is 0 Å². The maximum atomic E-state index is 13.2. The van der Waals surface area contributed by atoms with Gasteiger partial charge in [-0.3, -0.25) is 14.5 Å². The number of amides is 2. The van der Waals surface area contributed by atoms with Gasteiger partial charge in [-0.2, -0.15) is 0 Å². The molecule has 2 fully saturated rings. The van der Waals surface area contributed by atoms with Gasteiger partial charge >= 0.3 is 0 Å². The molecule has 2 atom stereocenters. The molecule has 0 saturated carbocycles. The predicted molar refractivity (Wildman–Crippen MR) is 119 cm³/mol. The molecule has 3 heterocycles. The van der Waals surface area contributed by atoms with E-state index in [2.05, 4.69) is 11.0 Å². The first-order chi connectivity index (χ1) is 14.9. The fourth-order valence-corrected chi connectivity index (χ4v) is 5.79. The third kappa shape index (κ3) is 3.12. The summed E-state index contributed by atoms with van der Waals surface area (Å²) in [5.74, 6) is 0.221.